The van der Waals surface area contributed by atoms with Gasteiger partial charge in [0, 0.05) is 11.6 Å². The molecular formula is C11H17ClOS2. The van der Waals surface area contributed by atoms with Gasteiger partial charge in [0.15, 0.2) is 0 Å². The van der Waals surface area contributed by atoms with Gasteiger partial charge >= 0.3 is 0 Å². The quantitative estimate of drug-likeness (QED) is 0.312. The Morgan fingerprint density at radius 1 is 1.47 bits per heavy atom. The van der Waals surface area contributed by atoms with Crippen molar-refractivity contribution >= 4 is 32.2 Å². The van der Waals surface area contributed by atoms with Crippen molar-refractivity contribution in [2.75, 3.05) is 11.6 Å². The predicted molar refractivity (Wildman–Crippen MR) is 72.6 cm³/mol. The Kier molecular flexibility index (Phi) is 9.32. The first-order valence-corrected chi connectivity index (χ1v) is 8.02. The fourth-order valence-corrected chi connectivity index (χ4v) is 2.93. The zero-order valence-corrected chi connectivity index (χ0v) is 11.8. The second-order valence-corrected chi connectivity index (χ2v) is 6.35. The number of allylic oxidation sites excluding steroid dienone is 2. The van der Waals surface area contributed by atoms with E-state index < -0.39 is 9.83 Å². The molecule has 1 nitrogen and oxygen atoms in total. The summed E-state index contributed by atoms with van der Waals surface area (Å²) >= 11 is 5.70. The highest BCUT2D eigenvalue weighted by molar-refractivity contribution is 8.70. The summed E-state index contributed by atoms with van der Waals surface area (Å²) < 4.78 is 11.4. The number of hydrogen-bond acceptors (Lipinski definition) is 2. The molecule has 1 atom stereocenters. The Hall–Kier alpha value is 0.0500. The van der Waals surface area contributed by atoms with Crippen molar-refractivity contribution in [1.29, 1.82) is 0 Å². The van der Waals surface area contributed by atoms with Crippen LogP contribution in [0.2, 0.25) is 0 Å². The molecule has 0 bridgehead atoms. The molecule has 86 valence electrons. The summed E-state index contributed by atoms with van der Waals surface area (Å²) in [6.07, 6.45) is 2.79. The van der Waals surface area contributed by atoms with Crippen LogP contribution in [0.4, 0.5) is 0 Å². The van der Waals surface area contributed by atoms with E-state index in [4.69, 9.17) is 11.6 Å². The van der Waals surface area contributed by atoms with Crippen LogP contribution in [0.25, 0.3) is 0 Å². The smallest absolute Gasteiger partial charge is 0.113 e. The van der Waals surface area contributed by atoms with Gasteiger partial charge in [-0.3, -0.25) is 0 Å². The lowest BCUT2D eigenvalue weighted by molar-refractivity contribution is 0.696. The lowest BCUT2D eigenvalue weighted by Gasteiger charge is -2.02. The molecule has 0 aliphatic rings. The van der Waals surface area contributed by atoms with Gasteiger partial charge in [0.25, 0.3) is 0 Å². The Morgan fingerprint density at radius 3 is 2.67 bits per heavy atom. The van der Waals surface area contributed by atoms with Gasteiger partial charge in [0.05, 0.1) is 5.41 Å². The molecule has 1 unspecified atom stereocenters. The third-order valence-electron chi connectivity index (χ3n) is 1.81. The van der Waals surface area contributed by atoms with Crippen LogP contribution in [-0.2, 0) is 9.83 Å². The van der Waals surface area contributed by atoms with Gasteiger partial charge in [-0.1, -0.05) is 28.9 Å². The molecule has 0 aromatic heterocycles. The second kappa shape index (κ2) is 9.29. The molecule has 0 fully saturated rings. The zero-order valence-electron chi connectivity index (χ0n) is 9.38. The normalized spacial score (nSPS) is 13.9. The van der Waals surface area contributed by atoms with Gasteiger partial charge in [-0.2, -0.15) is 0 Å². The first-order valence-electron chi connectivity index (χ1n) is 4.77. The Balaban J connectivity index is 4.07. The van der Waals surface area contributed by atoms with Crippen LogP contribution in [0, 0.1) is 0 Å². The number of rotatable bonds is 6. The average Bonchev–Trinajstić information content (AvgIpc) is 2.25. The summed E-state index contributed by atoms with van der Waals surface area (Å²) in [7, 11) is 0.408. The molecule has 15 heavy (non-hydrogen) atoms. The molecule has 0 saturated heterocycles. The van der Waals surface area contributed by atoms with Crippen molar-refractivity contribution in [2.45, 2.75) is 27.2 Å². The fourth-order valence-electron chi connectivity index (χ4n) is 0.639. The Labute approximate surface area is 104 Å². The summed E-state index contributed by atoms with van der Waals surface area (Å²) in [6, 6.07) is 0. The van der Waals surface area contributed by atoms with Crippen LogP contribution in [0.1, 0.15) is 27.2 Å². The van der Waals surface area contributed by atoms with Crippen molar-refractivity contribution in [3.8, 4) is 0 Å². The van der Waals surface area contributed by atoms with Crippen LogP contribution >= 0.6 is 22.4 Å². The standard InChI is InChI=1S/C11H17ClOS2/c1-4-5-6-7-15(13)14-9-11(3)10(2)8-12/h5,7H,4,8-9H2,1-3H3/b11-10+. The highest BCUT2D eigenvalue weighted by Gasteiger charge is 1.99. The van der Waals surface area contributed by atoms with Gasteiger partial charge in [-0.25, -0.2) is 4.21 Å². The number of alkyl halides is 1. The van der Waals surface area contributed by atoms with Crippen LogP contribution in [-0.4, -0.2) is 15.8 Å². The van der Waals surface area contributed by atoms with Gasteiger partial charge in [-0.15, -0.1) is 17.3 Å². The highest BCUT2D eigenvalue weighted by Crippen LogP contribution is 2.16. The van der Waals surface area contributed by atoms with E-state index in [0.717, 1.165) is 17.7 Å². The summed E-state index contributed by atoms with van der Waals surface area (Å²) in [5.74, 6) is 1.31. The van der Waals surface area contributed by atoms with Crippen LogP contribution < -0.4 is 0 Å². The molecule has 4 heteroatoms. The Morgan fingerprint density at radius 2 is 2.13 bits per heavy atom. The minimum Gasteiger partial charge on any atom is -0.243 e. The SMILES string of the molecule is CCC=C=CS(=O)SC/C(C)=C(\C)CCl. The van der Waals surface area contributed by atoms with E-state index in [2.05, 4.69) is 5.73 Å². The molecule has 0 heterocycles. The summed E-state index contributed by atoms with van der Waals surface area (Å²) in [6.45, 7) is 6.04. The summed E-state index contributed by atoms with van der Waals surface area (Å²) in [5, 5.41) is 1.59. The van der Waals surface area contributed by atoms with E-state index in [1.54, 1.807) is 5.41 Å². The first kappa shape index (κ1) is 15.0. The van der Waals surface area contributed by atoms with E-state index in [1.165, 1.54) is 16.4 Å². The van der Waals surface area contributed by atoms with Crippen LogP contribution in [0.15, 0.2) is 28.4 Å². The van der Waals surface area contributed by atoms with Crippen LogP contribution in [0.5, 0.6) is 0 Å². The molecule has 0 aromatic carbocycles. The van der Waals surface area contributed by atoms with Gasteiger partial charge < -0.3 is 0 Å². The lowest BCUT2D eigenvalue weighted by Crippen LogP contribution is -1.90. The molecule has 0 spiro atoms. The van der Waals surface area contributed by atoms with Crippen molar-refractivity contribution in [3.05, 3.63) is 28.4 Å². The molecule has 0 aliphatic heterocycles. The van der Waals surface area contributed by atoms with E-state index >= 15 is 0 Å². The molecule has 0 amide bonds. The fraction of sp³-hybridized carbons (Fsp3) is 0.545. The number of halogens is 1. The third kappa shape index (κ3) is 7.92. The van der Waals surface area contributed by atoms with Gasteiger partial charge in [0.1, 0.15) is 9.83 Å². The molecular weight excluding hydrogens is 248 g/mol. The van der Waals surface area contributed by atoms with E-state index in [1.807, 2.05) is 26.8 Å². The maximum absolute atomic E-state index is 11.4. The summed E-state index contributed by atoms with van der Waals surface area (Å²) in [5.41, 5.74) is 5.25. The topological polar surface area (TPSA) is 17.1 Å². The predicted octanol–water partition coefficient (Wildman–Crippen LogP) is 4.04. The molecule has 0 aliphatic carbocycles. The molecule has 0 rings (SSSR count). The Bertz CT molecular complexity index is 302. The summed E-state index contributed by atoms with van der Waals surface area (Å²) in [4.78, 5) is 0. The van der Waals surface area contributed by atoms with Crippen molar-refractivity contribution < 1.29 is 4.21 Å². The van der Waals surface area contributed by atoms with E-state index in [9.17, 15) is 4.21 Å². The number of hydrogen-bond donors (Lipinski definition) is 0. The highest BCUT2D eigenvalue weighted by atomic mass is 35.5. The largest absolute Gasteiger partial charge is 0.243 e. The average molecular weight is 265 g/mol. The maximum Gasteiger partial charge on any atom is 0.113 e. The zero-order chi connectivity index (χ0) is 11.7. The maximum atomic E-state index is 11.4. The lowest BCUT2D eigenvalue weighted by atomic mass is 10.2. The second-order valence-electron chi connectivity index (χ2n) is 3.11. The van der Waals surface area contributed by atoms with Gasteiger partial charge in [-0.05, 0) is 26.3 Å². The minimum absolute atomic E-state index is 0.546. The first-order chi connectivity index (χ1) is 7.11. The van der Waals surface area contributed by atoms with E-state index in [0.29, 0.717) is 5.88 Å². The molecule has 0 radical (unpaired) electrons. The minimum atomic E-state index is -0.989. The monoisotopic (exact) mass is 264 g/mol. The van der Waals surface area contributed by atoms with Crippen molar-refractivity contribution in [1.82, 2.24) is 0 Å². The molecule has 0 aromatic rings. The molecule has 0 saturated carbocycles. The third-order valence-corrected chi connectivity index (χ3v) is 4.66. The van der Waals surface area contributed by atoms with Crippen LogP contribution in [0.3, 0.4) is 0 Å². The molecule has 0 N–H and O–H groups in total. The van der Waals surface area contributed by atoms with Crippen molar-refractivity contribution in [3.63, 3.8) is 0 Å². The van der Waals surface area contributed by atoms with E-state index in [-0.39, 0.29) is 0 Å². The van der Waals surface area contributed by atoms with Gasteiger partial charge in [0.2, 0.25) is 0 Å². The van der Waals surface area contributed by atoms with Crippen molar-refractivity contribution in [2.24, 2.45) is 0 Å².